The summed E-state index contributed by atoms with van der Waals surface area (Å²) < 4.78 is 10.6. The number of rotatable bonds is 5. The highest BCUT2D eigenvalue weighted by molar-refractivity contribution is 6.32. The van der Waals surface area contributed by atoms with Gasteiger partial charge in [0, 0.05) is 18.8 Å². The van der Waals surface area contributed by atoms with Gasteiger partial charge in [-0.1, -0.05) is 29.8 Å². The molecule has 0 bridgehead atoms. The van der Waals surface area contributed by atoms with Crippen LogP contribution in [0.3, 0.4) is 0 Å². The standard InChI is InChI=1S/C21H21ClN2O4/c1-13-5-4-6-14(2)20(13)23-18(25)11-24(3)19(26)8-7-15-9-16(22)21-17(10-15)27-12-28-21/h4-10H,11-12H2,1-3H3,(H,23,25)/b8-7+. The molecule has 1 N–H and O–H groups in total. The van der Waals surface area contributed by atoms with Crippen LogP contribution in [0.1, 0.15) is 16.7 Å². The minimum atomic E-state index is -0.301. The summed E-state index contributed by atoms with van der Waals surface area (Å²) in [7, 11) is 1.57. The summed E-state index contributed by atoms with van der Waals surface area (Å²) in [4.78, 5) is 26.0. The first-order valence-corrected chi connectivity index (χ1v) is 9.11. The predicted molar refractivity (Wildman–Crippen MR) is 109 cm³/mol. The van der Waals surface area contributed by atoms with Crippen molar-refractivity contribution in [1.29, 1.82) is 0 Å². The molecule has 0 aliphatic carbocycles. The zero-order valence-electron chi connectivity index (χ0n) is 15.9. The van der Waals surface area contributed by atoms with E-state index in [2.05, 4.69) is 5.32 Å². The van der Waals surface area contributed by atoms with Gasteiger partial charge in [-0.25, -0.2) is 0 Å². The molecule has 1 aliphatic heterocycles. The minimum absolute atomic E-state index is 0.0567. The Morgan fingerprint density at radius 1 is 1.21 bits per heavy atom. The summed E-state index contributed by atoms with van der Waals surface area (Å²) in [5.74, 6) is 0.490. The first-order chi connectivity index (χ1) is 13.3. The van der Waals surface area contributed by atoms with Crippen molar-refractivity contribution in [1.82, 2.24) is 4.90 Å². The van der Waals surface area contributed by atoms with E-state index in [1.807, 2.05) is 32.0 Å². The molecular formula is C21H21ClN2O4. The number of fused-ring (bicyclic) bond motifs is 1. The van der Waals surface area contributed by atoms with E-state index in [1.54, 1.807) is 25.3 Å². The van der Waals surface area contributed by atoms with Crippen LogP contribution in [-0.4, -0.2) is 37.1 Å². The topological polar surface area (TPSA) is 67.9 Å². The van der Waals surface area contributed by atoms with E-state index < -0.39 is 0 Å². The van der Waals surface area contributed by atoms with Crippen molar-refractivity contribution in [3.05, 3.63) is 58.1 Å². The molecule has 2 aromatic rings. The third kappa shape index (κ3) is 4.46. The van der Waals surface area contributed by atoms with Crippen molar-refractivity contribution < 1.29 is 19.1 Å². The number of hydrogen-bond donors (Lipinski definition) is 1. The van der Waals surface area contributed by atoms with Crippen LogP contribution in [0.25, 0.3) is 6.08 Å². The van der Waals surface area contributed by atoms with Crippen LogP contribution >= 0.6 is 11.6 Å². The van der Waals surface area contributed by atoms with Gasteiger partial charge in [0.25, 0.3) is 0 Å². The Bertz CT molecular complexity index is 935. The van der Waals surface area contributed by atoms with Gasteiger partial charge in [0.1, 0.15) is 0 Å². The molecule has 0 radical (unpaired) electrons. The Morgan fingerprint density at radius 2 is 1.93 bits per heavy atom. The lowest BCUT2D eigenvalue weighted by atomic mass is 10.1. The second kappa shape index (κ2) is 8.35. The molecule has 1 aliphatic rings. The molecular weight excluding hydrogens is 380 g/mol. The maximum absolute atomic E-state index is 12.3. The first kappa shape index (κ1) is 19.8. The average Bonchev–Trinajstić information content (AvgIpc) is 3.12. The number of hydrogen-bond acceptors (Lipinski definition) is 4. The molecule has 0 aromatic heterocycles. The van der Waals surface area contributed by atoms with Crippen molar-refractivity contribution in [2.45, 2.75) is 13.8 Å². The Morgan fingerprint density at radius 3 is 2.64 bits per heavy atom. The minimum Gasteiger partial charge on any atom is -0.454 e. The molecule has 0 fully saturated rings. The lowest BCUT2D eigenvalue weighted by Gasteiger charge is -2.16. The third-order valence-corrected chi connectivity index (χ3v) is 4.65. The fraction of sp³-hybridized carbons (Fsp3) is 0.238. The van der Waals surface area contributed by atoms with Crippen molar-refractivity contribution in [3.8, 4) is 11.5 Å². The fourth-order valence-corrected chi connectivity index (χ4v) is 3.14. The molecule has 6 nitrogen and oxygen atoms in total. The number of carbonyl (C=O) groups is 2. The number of anilines is 1. The van der Waals surface area contributed by atoms with Crippen molar-refractivity contribution in [3.63, 3.8) is 0 Å². The Hall–Kier alpha value is -2.99. The average molecular weight is 401 g/mol. The van der Waals surface area contributed by atoms with Crippen molar-refractivity contribution in [2.24, 2.45) is 0 Å². The van der Waals surface area contributed by atoms with E-state index in [4.69, 9.17) is 21.1 Å². The quantitative estimate of drug-likeness (QED) is 0.775. The Balaban J connectivity index is 1.61. The van der Waals surface area contributed by atoms with Gasteiger partial charge in [0.2, 0.25) is 18.6 Å². The van der Waals surface area contributed by atoms with Crippen LogP contribution < -0.4 is 14.8 Å². The van der Waals surface area contributed by atoms with E-state index in [0.29, 0.717) is 22.1 Å². The van der Waals surface area contributed by atoms with Crippen LogP contribution in [0.15, 0.2) is 36.4 Å². The van der Waals surface area contributed by atoms with Gasteiger partial charge >= 0.3 is 0 Å². The van der Waals surface area contributed by atoms with E-state index in [1.165, 1.54) is 11.0 Å². The SMILES string of the molecule is Cc1cccc(C)c1NC(=O)CN(C)C(=O)/C=C/c1cc(Cl)c2c(c1)OCO2. The lowest BCUT2D eigenvalue weighted by molar-refractivity contribution is -0.129. The van der Waals surface area contributed by atoms with Crippen LogP contribution in [0.5, 0.6) is 11.5 Å². The summed E-state index contributed by atoms with van der Waals surface area (Å²) in [5, 5.41) is 3.29. The molecule has 0 saturated heterocycles. The smallest absolute Gasteiger partial charge is 0.246 e. The molecule has 0 unspecified atom stereocenters. The number of nitrogens with one attached hydrogen (secondary N) is 1. The molecule has 2 amide bonds. The van der Waals surface area contributed by atoms with Gasteiger partial charge in [0.15, 0.2) is 11.5 Å². The molecule has 0 saturated carbocycles. The molecule has 3 rings (SSSR count). The normalized spacial score (nSPS) is 12.3. The van der Waals surface area contributed by atoms with Gasteiger partial charge in [-0.05, 0) is 48.7 Å². The molecule has 28 heavy (non-hydrogen) atoms. The van der Waals surface area contributed by atoms with E-state index in [9.17, 15) is 9.59 Å². The van der Waals surface area contributed by atoms with Gasteiger partial charge in [0.05, 0.1) is 11.6 Å². The first-order valence-electron chi connectivity index (χ1n) is 8.73. The van der Waals surface area contributed by atoms with Crippen molar-refractivity contribution in [2.75, 3.05) is 25.7 Å². The number of ether oxygens (including phenoxy) is 2. The number of para-hydroxylation sites is 1. The molecule has 7 heteroatoms. The van der Waals surface area contributed by atoms with E-state index in [-0.39, 0.29) is 25.2 Å². The number of aryl methyl sites for hydroxylation is 2. The maximum atomic E-state index is 12.3. The van der Waals surface area contributed by atoms with Gasteiger partial charge in [-0.2, -0.15) is 0 Å². The second-order valence-electron chi connectivity index (χ2n) is 6.58. The van der Waals surface area contributed by atoms with Gasteiger partial charge in [-0.15, -0.1) is 0 Å². The highest BCUT2D eigenvalue weighted by atomic mass is 35.5. The number of carbonyl (C=O) groups excluding carboxylic acids is 2. The lowest BCUT2D eigenvalue weighted by Crippen LogP contribution is -2.34. The zero-order valence-corrected chi connectivity index (χ0v) is 16.7. The molecule has 2 aromatic carbocycles. The number of benzene rings is 2. The molecule has 1 heterocycles. The molecule has 0 atom stereocenters. The molecule has 0 spiro atoms. The summed E-state index contributed by atoms with van der Waals surface area (Å²) in [6.45, 7) is 3.92. The largest absolute Gasteiger partial charge is 0.454 e. The van der Waals surface area contributed by atoms with Crippen LogP contribution in [0.4, 0.5) is 5.69 Å². The van der Waals surface area contributed by atoms with Gasteiger partial charge in [-0.3, -0.25) is 9.59 Å². The number of likely N-dealkylation sites (N-methyl/N-ethyl adjacent to an activating group) is 1. The molecule has 146 valence electrons. The third-order valence-electron chi connectivity index (χ3n) is 4.37. The van der Waals surface area contributed by atoms with Crippen LogP contribution in [0, 0.1) is 13.8 Å². The summed E-state index contributed by atoms with van der Waals surface area (Å²) in [6.07, 6.45) is 3.01. The Kier molecular flexibility index (Phi) is 5.90. The highest BCUT2D eigenvalue weighted by Gasteiger charge is 2.18. The highest BCUT2D eigenvalue weighted by Crippen LogP contribution is 2.40. The monoisotopic (exact) mass is 400 g/mol. The van der Waals surface area contributed by atoms with Gasteiger partial charge < -0.3 is 19.7 Å². The van der Waals surface area contributed by atoms with Crippen LogP contribution in [-0.2, 0) is 9.59 Å². The number of halogens is 1. The predicted octanol–water partition coefficient (Wildman–Crippen LogP) is 3.80. The summed E-state index contributed by atoms with van der Waals surface area (Å²) >= 11 is 6.14. The van der Waals surface area contributed by atoms with Crippen molar-refractivity contribution >= 4 is 35.2 Å². The summed E-state index contributed by atoms with van der Waals surface area (Å²) in [6, 6.07) is 9.22. The maximum Gasteiger partial charge on any atom is 0.246 e. The summed E-state index contributed by atoms with van der Waals surface area (Å²) in [5.41, 5.74) is 3.43. The number of nitrogens with zero attached hydrogens (tertiary/aromatic N) is 1. The fourth-order valence-electron chi connectivity index (χ4n) is 2.86. The van der Waals surface area contributed by atoms with Crippen LogP contribution in [0.2, 0.25) is 5.02 Å². The van der Waals surface area contributed by atoms with E-state index in [0.717, 1.165) is 16.8 Å². The zero-order chi connectivity index (χ0) is 20.3. The Labute approximate surface area is 168 Å². The second-order valence-corrected chi connectivity index (χ2v) is 6.99. The van der Waals surface area contributed by atoms with E-state index >= 15 is 0 Å². The number of amides is 2.